The molecular formula is C19H21BrN2O3. The van der Waals surface area contributed by atoms with Crippen LogP contribution in [0.25, 0.3) is 0 Å². The van der Waals surface area contributed by atoms with Gasteiger partial charge in [-0.1, -0.05) is 18.2 Å². The number of likely N-dealkylation sites (tertiary alicyclic amines) is 1. The van der Waals surface area contributed by atoms with Crippen molar-refractivity contribution in [3.8, 4) is 11.6 Å². The van der Waals surface area contributed by atoms with E-state index >= 15 is 0 Å². The Morgan fingerprint density at radius 1 is 1.20 bits per heavy atom. The van der Waals surface area contributed by atoms with Crippen molar-refractivity contribution < 1.29 is 14.3 Å². The zero-order valence-electron chi connectivity index (χ0n) is 14.1. The molecule has 2 aromatic rings. The number of benzene rings is 1. The average molecular weight is 405 g/mol. The number of carbonyl (C=O) groups excluding carboxylic acids is 1. The van der Waals surface area contributed by atoms with Crippen molar-refractivity contribution >= 4 is 21.8 Å². The van der Waals surface area contributed by atoms with E-state index in [0.717, 1.165) is 17.3 Å². The lowest BCUT2D eigenvalue weighted by Crippen LogP contribution is -2.46. The van der Waals surface area contributed by atoms with Gasteiger partial charge in [0.1, 0.15) is 11.9 Å². The van der Waals surface area contributed by atoms with Gasteiger partial charge in [0.25, 0.3) is 5.91 Å². The number of hydrogen-bond acceptors (Lipinski definition) is 4. The molecule has 0 N–H and O–H groups in total. The van der Waals surface area contributed by atoms with Gasteiger partial charge in [0.2, 0.25) is 5.88 Å². The molecule has 1 amide bonds. The Balaban J connectivity index is 1.50. The van der Waals surface area contributed by atoms with E-state index in [4.69, 9.17) is 9.47 Å². The Hall–Kier alpha value is -2.08. The van der Waals surface area contributed by atoms with Crippen LogP contribution in [0.4, 0.5) is 0 Å². The molecule has 1 aromatic heterocycles. The normalized spacial score (nSPS) is 16.3. The molecule has 1 fully saturated rings. The van der Waals surface area contributed by atoms with Crippen LogP contribution in [-0.4, -0.2) is 41.1 Å². The lowest BCUT2D eigenvalue weighted by atomic mass is 10.1. The van der Waals surface area contributed by atoms with E-state index in [0.29, 0.717) is 24.7 Å². The highest BCUT2D eigenvalue weighted by Crippen LogP contribution is 2.25. The third-order valence-corrected chi connectivity index (χ3v) is 4.76. The van der Waals surface area contributed by atoms with Crippen LogP contribution in [0.5, 0.6) is 11.6 Å². The highest BCUT2D eigenvalue weighted by Gasteiger charge is 2.28. The van der Waals surface area contributed by atoms with Crippen LogP contribution in [0.2, 0.25) is 0 Å². The number of ether oxygens (including phenoxy) is 2. The predicted molar refractivity (Wildman–Crippen MR) is 98.7 cm³/mol. The summed E-state index contributed by atoms with van der Waals surface area (Å²) < 4.78 is 12.5. The summed E-state index contributed by atoms with van der Waals surface area (Å²) in [6.45, 7) is 3.12. The van der Waals surface area contributed by atoms with Crippen molar-refractivity contribution in [3.05, 3.63) is 53.1 Å². The third kappa shape index (κ3) is 4.72. The molecule has 0 bridgehead atoms. The van der Waals surface area contributed by atoms with Crippen LogP contribution >= 0.6 is 15.9 Å². The van der Waals surface area contributed by atoms with Gasteiger partial charge in [0.15, 0.2) is 6.10 Å². The van der Waals surface area contributed by atoms with Gasteiger partial charge in [0.05, 0.1) is 4.47 Å². The van der Waals surface area contributed by atoms with Crippen molar-refractivity contribution in [2.24, 2.45) is 0 Å². The number of pyridine rings is 1. The molecule has 0 saturated carbocycles. The molecule has 6 heteroatoms. The first-order valence-electron chi connectivity index (χ1n) is 8.41. The quantitative estimate of drug-likeness (QED) is 0.762. The first kappa shape index (κ1) is 17.7. The van der Waals surface area contributed by atoms with Gasteiger partial charge in [-0.3, -0.25) is 4.79 Å². The van der Waals surface area contributed by atoms with Crippen molar-refractivity contribution in [2.75, 3.05) is 13.1 Å². The number of aromatic nitrogens is 1. The van der Waals surface area contributed by atoms with E-state index in [-0.39, 0.29) is 12.0 Å². The summed E-state index contributed by atoms with van der Waals surface area (Å²) in [5.41, 5.74) is 0. The zero-order valence-corrected chi connectivity index (χ0v) is 15.7. The predicted octanol–water partition coefficient (Wildman–Crippen LogP) is 3.68. The fourth-order valence-electron chi connectivity index (χ4n) is 2.82. The highest BCUT2D eigenvalue weighted by atomic mass is 79.9. The van der Waals surface area contributed by atoms with E-state index in [1.807, 2.05) is 47.4 Å². The molecule has 1 unspecified atom stereocenters. The Morgan fingerprint density at radius 3 is 2.60 bits per heavy atom. The monoisotopic (exact) mass is 404 g/mol. The van der Waals surface area contributed by atoms with E-state index in [1.165, 1.54) is 0 Å². The Bertz CT molecular complexity index is 703. The summed E-state index contributed by atoms with van der Waals surface area (Å²) in [5, 5.41) is 0. The van der Waals surface area contributed by atoms with E-state index < -0.39 is 6.10 Å². The molecule has 1 saturated heterocycles. The first-order chi connectivity index (χ1) is 12.1. The number of para-hydroxylation sites is 1. The van der Waals surface area contributed by atoms with Crippen LogP contribution in [0.15, 0.2) is 53.1 Å². The van der Waals surface area contributed by atoms with E-state index in [2.05, 4.69) is 20.9 Å². The van der Waals surface area contributed by atoms with Gasteiger partial charge in [-0.2, -0.15) is 0 Å². The Labute approximate surface area is 156 Å². The molecule has 2 heterocycles. The minimum absolute atomic E-state index is 0.0151. The topological polar surface area (TPSA) is 51.7 Å². The summed E-state index contributed by atoms with van der Waals surface area (Å²) in [6, 6.07) is 13.2. The largest absolute Gasteiger partial charge is 0.481 e. The third-order valence-electron chi connectivity index (χ3n) is 4.16. The van der Waals surface area contributed by atoms with Gasteiger partial charge < -0.3 is 14.4 Å². The molecule has 25 heavy (non-hydrogen) atoms. The van der Waals surface area contributed by atoms with Crippen LogP contribution in [-0.2, 0) is 4.79 Å². The highest BCUT2D eigenvalue weighted by molar-refractivity contribution is 9.10. The van der Waals surface area contributed by atoms with Crippen LogP contribution in [0.3, 0.4) is 0 Å². The second-order valence-electron chi connectivity index (χ2n) is 6.01. The maximum absolute atomic E-state index is 12.6. The Morgan fingerprint density at radius 2 is 1.92 bits per heavy atom. The second-order valence-corrected chi connectivity index (χ2v) is 6.86. The number of amides is 1. The molecule has 3 rings (SSSR count). The molecule has 1 atom stereocenters. The summed E-state index contributed by atoms with van der Waals surface area (Å²) in [4.78, 5) is 18.6. The lowest BCUT2D eigenvalue weighted by molar-refractivity contribution is -0.139. The van der Waals surface area contributed by atoms with Crippen LogP contribution in [0.1, 0.15) is 19.8 Å². The summed E-state index contributed by atoms with van der Waals surface area (Å²) in [5.74, 6) is 1.33. The van der Waals surface area contributed by atoms with Crippen molar-refractivity contribution in [3.63, 3.8) is 0 Å². The van der Waals surface area contributed by atoms with Gasteiger partial charge in [-0.05, 0) is 47.1 Å². The molecular weight excluding hydrogens is 384 g/mol. The molecule has 1 aromatic carbocycles. The van der Waals surface area contributed by atoms with Gasteiger partial charge >= 0.3 is 0 Å². The lowest BCUT2D eigenvalue weighted by Gasteiger charge is -2.33. The standard InChI is InChI=1S/C19H21BrN2O3/c1-14(24-15-6-3-2-4-7-15)19(23)22-12-9-16(10-13-22)25-18-17(20)8-5-11-21-18/h2-8,11,14,16H,9-10,12-13H2,1H3. The van der Waals surface area contributed by atoms with E-state index in [1.54, 1.807) is 13.1 Å². The number of piperidine rings is 1. The average Bonchev–Trinajstić information content (AvgIpc) is 2.64. The molecule has 132 valence electrons. The molecule has 1 aliphatic rings. The number of nitrogens with zero attached hydrogens (tertiary/aromatic N) is 2. The number of halogens is 1. The molecule has 5 nitrogen and oxygen atoms in total. The molecule has 0 spiro atoms. The minimum Gasteiger partial charge on any atom is -0.481 e. The van der Waals surface area contributed by atoms with Crippen molar-refractivity contribution in [2.45, 2.75) is 32.0 Å². The fourth-order valence-corrected chi connectivity index (χ4v) is 3.17. The summed E-state index contributed by atoms with van der Waals surface area (Å²) in [6.07, 6.45) is 2.85. The molecule has 1 aliphatic heterocycles. The SMILES string of the molecule is CC(Oc1ccccc1)C(=O)N1CCC(Oc2ncccc2Br)CC1. The van der Waals surface area contributed by atoms with E-state index in [9.17, 15) is 4.79 Å². The van der Waals surface area contributed by atoms with Gasteiger partial charge in [0, 0.05) is 32.1 Å². The molecule has 0 aliphatic carbocycles. The zero-order chi connectivity index (χ0) is 17.6. The minimum atomic E-state index is -0.496. The summed E-state index contributed by atoms with van der Waals surface area (Å²) >= 11 is 3.44. The fraction of sp³-hybridized carbons (Fsp3) is 0.368. The maximum Gasteiger partial charge on any atom is 0.263 e. The maximum atomic E-state index is 12.6. The van der Waals surface area contributed by atoms with Crippen molar-refractivity contribution in [1.82, 2.24) is 9.88 Å². The molecule has 0 radical (unpaired) electrons. The van der Waals surface area contributed by atoms with Gasteiger partial charge in [-0.25, -0.2) is 4.98 Å². The van der Waals surface area contributed by atoms with Crippen LogP contribution < -0.4 is 9.47 Å². The van der Waals surface area contributed by atoms with Crippen LogP contribution in [0, 0.1) is 0 Å². The Kier molecular flexibility index (Phi) is 5.91. The van der Waals surface area contributed by atoms with Gasteiger partial charge in [-0.15, -0.1) is 0 Å². The number of hydrogen-bond donors (Lipinski definition) is 0. The first-order valence-corrected chi connectivity index (χ1v) is 9.20. The summed E-state index contributed by atoms with van der Waals surface area (Å²) in [7, 11) is 0. The smallest absolute Gasteiger partial charge is 0.263 e. The number of carbonyl (C=O) groups is 1. The second kappa shape index (κ2) is 8.34. The number of rotatable bonds is 5. The van der Waals surface area contributed by atoms with Crippen molar-refractivity contribution in [1.29, 1.82) is 0 Å².